The minimum atomic E-state index is 0.274. The molecule has 0 aliphatic heterocycles. The Morgan fingerprint density at radius 2 is 1.89 bits per heavy atom. The van der Waals surface area contributed by atoms with Crippen molar-refractivity contribution in [3.05, 3.63) is 22.8 Å². The Bertz CT molecular complexity index is 470. The number of anilines is 1. The van der Waals surface area contributed by atoms with E-state index in [0.29, 0.717) is 6.04 Å². The van der Waals surface area contributed by atoms with Crippen molar-refractivity contribution in [1.29, 1.82) is 0 Å². The normalized spacial score (nSPS) is 22.6. The van der Waals surface area contributed by atoms with Crippen LogP contribution in [0, 0.1) is 20.8 Å². The van der Waals surface area contributed by atoms with Crippen molar-refractivity contribution in [2.24, 2.45) is 5.73 Å². The molecule has 106 valence electrons. The van der Waals surface area contributed by atoms with Crippen LogP contribution in [-0.2, 0) is 0 Å². The number of nitrogens with two attached hydrogens (primary N) is 1. The van der Waals surface area contributed by atoms with Crippen LogP contribution in [0.1, 0.15) is 36.0 Å². The van der Waals surface area contributed by atoms with Gasteiger partial charge < -0.3 is 15.4 Å². The van der Waals surface area contributed by atoms with Gasteiger partial charge in [0.25, 0.3) is 0 Å². The van der Waals surface area contributed by atoms with Crippen LogP contribution in [0.4, 0.5) is 5.69 Å². The molecule has 1 aliphatic carbocycles. The molecule has 1 fully saturated rings. The monoisotopic (exact) mass is 262 g/mol. The predicted octanol–water partition coefficient (Wildman–Crippen LogP) is 2.94. The van der Waals surface area contributed by atoms with E-state index in [9.17, 15) is 0 Å². The molecule has 2 atom stereocenters. The third-order valence-corrected chi connectivity index (χ3v) is 4.54. The first-order valence-corrected chi connectivity index (χ1v) is 7.10. The van der Waals surface area contributed by atoms with E-state index in [4.69, 9.17) is 10.5 Å². The first kappa shape index (κ1) is 14.2. The van der Waals surface area contributed by atoms with E-state index in [2.05, 4.69) is 38.8 Å². The fourth-order valence-corrected chi connectivity index (χ4v) is 3.34. The summed E-state index contributed by atoms with van der Waals surface area (Å²) in [5.41, 5.74) is 11.2. The number of likely N-dealkylation sites (N-methyl/N-ethyl adjacent to an activating group) is 1. The Balaban J connectivity index is 2.46. The molecule has 0 amide bonds. The topological polar surface area (TPSA) is 38.5 Å². The van der Waals surface area contributed by atoms with Crippen LogP contribution in [0.15, 0.2) is 6.07 Å². The molecule has 1 aromatic rings. The highest BCUT2D eigenvalue weighted by Gasteiger charge is 2.30. The Labute approximate surface area is 116 Å². The molecule has 2 rings (SSSR count). The van der Waals surface area contributed by atoms with Gasteiger partial charge in [0.2, 0.25) is 0 Å². The van der Waals surface area contributed by atoms with Crippen molar-refractivity contribution < 1.29 is 4.74 Å². The highest BCUT2D eigenvalue weighted by molar-refractivity contribution is 5.68. The summed E-state index contributed by atoms with van der Waals surface area (Å²) in [6.45, 7) is 6.41. The van der Waals surface area contributed by atoms with E-state index >= 15 is 0 Å². The second-order valence-corrected chi connectivity index (χ2v) is 5.79. The maximum absolute atomic E-state index is 6.24. The van der Waals surface area contributed by atoms with Crippen LogP contribution in [0.3, 0.4) is 0 Å². The zero-order valence-corrected chi connectivity index (χ0v) is 12.8. The highest BCUT2D eigenvalue weighted by atomic mass is 16.5. The molecule has 2 unspecified atom stereocenters. The predicted molar refractivity (Wildman–Crippen MR) is 81.2 cm³/mol. The molecule has 0 bridgehead atoms. The van der Waals surface area contributed by atoms with E-state index in [1.54, 1.807) is 7.11 Å². The lowest BCUT2D eigenvalue weighted by atomic mass is 10.0. The summed E-state index contributed by atoms with van der Waals surface area (Å²) in [4.78, 5) is 2.33. The number of rotatable bonds is 3. The highest BCUT2D eigenvalue weighted by Crippen LogP contribution is 2.39. The smallest absolute Gasteiger partial charge is 0.145 e. The number of hydrogen-bond acceptors (Lipinski definition) is 3. The molecular formula is C16H26N2O. The van der Waals surface area contributed by atoms with Gasteiger partial charge >= 0.3 is 0 Å². The Hall–Kier alpha value is -1.22. The second kappa shape index (κ2) is 5.41. The molecule has 0 saturated heterocycles. The number of hydrogen-bond donors (Lipinski definition) is 1. The zero-order chi connectivity index (χ0) is 14.2. The quantitative estimate of drug-likeness (QED) is 0.910. The third-order valence-electron chi connectivity index (χ3n) is 4.54. The van der Waals surface area contributed by atoms with Gasteiger partial charge in [-0.2, -0.15) is 0 Å². The molecule has 1 aliphatic rings. The summed E-state index contributed by atoms with van der Waals surface area (Å²) in [5.74, 6) is 0.999. The number of benzene rings is 1. The van der Waals surface area contributed by atoms with Crippen LogP contribution < -0.4 is 15.4 Å². The second-order valence-electron chi connectivity index (χ2n) is 5.79. The van der Waals surface area contributed by atoms with Gasteiger partial charge in [-0.3, -0.25) is 0 Å². The van der Waals surface area contributed by atoms with E-state index in [-0.39, 0.29) is 6.04 Å². The van der Waals surface area contributed by atoms with Gasteiger partial charge in [0, 0.05) is 19.1 Å². The summed E-state index contributed by atoms with van der Waals surface area (Å²) >= 11 is 0. The van der Waals surface area contributed by atoms with Crippen molar-refractivity contribution in [2.75, 3.05) is 19.1 Å². The van der Waals surface area contributed by atoms with Gasteiger partial charge in [-0.25, -0.2) is 0 Å². The Morgan fingerprint density at radius 1 is 1.21 bits per heavy atom. The third kappa shape index (κ3) is 2.44. The molecule has 0 heterocycles. The largest absolute Gasteiger partial charge is 0.494 e. The average Bonchev–Trinajstić information content (AvgIpc) is 2.79. The molecule has 19 heavy (non-hydrogen) atoms. The number of ether oxygens (including phenoxy) is 1. The molecule has 3 heteroatoms. The number of nitrogens with zero attached hydrogens (tertiary/aromatic N) is 1. The minimum absolute atomic E-state index is 0.274. The lowest BCUT2D eigenvalue weighted by Crippen LogP contribution is -2.42. The molecule has 1 aromatic carbocycles. The van der Waals surface area contributed by atoms with Crippen molar-refractivity contribution in [3.8, 4) is 5.75 Å². The van der Waals surface area contributed by atoms with Gasteiger partial charge in [-0.15, -0.1) is 0 Å². The van der Waals surface area contributed by atoms with Crippen molar-refractivity contribution in [1.82, 2.24) is 0 Å². The van der Waals surface area contributed by atoms with Crippen LogP contribution in [-0.4, -0.2) is 26.2 Å². The Kier molecular flexibility index (Phi) is 4.04. The van der Waals surface area contributed by atoms with E-state index in [1.165, 1.54) is 35.2 Å². The van der Waals surface area contributed by atoms with Crippen molar-refractivity contribution in [2.45, 2.75) is 52.1 Å². The first-order chi connectivity index (χ1) is 8.97. The first-order valence-electron chi connectivity index (χ1n) is 7.10. The fourth-order valence-electron chi connectivity index (χ4n) is 3.34. The maximum Gasteiger partial charge on any atom is 0.145 e. The van der Waals surface area contributed by atoms with Crippen molar-refractivity contribution >= 4 is 5.69 Å². The van der Waals surface area contributed by atoms with E-state index in [1.807, 2.05) is 0 Å². The molecule has 3 nitrogen and oxygen atoms in total. The SMILES string of the molecule is COc1c(C)c(C)cc(C)c1N(C)C1CCCC1N. The number of methoxy groups -OCH3 is 1. The molecule has 2 N–H and O–H groups in total. The summed E-state index contributed by atoms with van der Waals surface area (Å²) in [6.07, 6.45) is 3.52. The van der Waals surface area contributed by atoms with E-state index < -0.39 is 0 Å². The van der Waals surface area contributed by atoms with Crippen LogP contribution in [0.5, 0.6) is 5.75 Å². The Morgan fingerprint density at radius 3 is 2.42 bits per heavy atom. The van der Waals surface area contributed by atoms with Crippen LogP contribution in [0.2, 0.25) is 0 Å². The van der Waals surface area contributed by atoms with Crippen molar-refractivity contribution in [3.63, 3.8) is 0 Å². The lowest BCUT2D eigenvalue weighted by Gasteiger charge is -2.33. The summed E-state index contributed by atoms with van der Waals surface area (Å²) in [7, 11) is 3.91. The summed E-state index contributed by atoms with van der Waals surface area (Å²) < 4.78 is 5.67. The van der Waals surface area contributed by atoms with Crippen LogP contribution in [0.25, 0.3) is 0 Å². The van der Waals surface area contributed by atoms with Gasteiger partial charge in [-0.1, -0.05) is 6.07 Å². The summed E-state index contributed by atoms with van der Waals surface area (Å²) in [5, 5.41) is 0. The standard InChI is InChI=1S/C16H26N2O/c1-10-9-11(2)15(16(19-5)12(10)3)18(4)14-8-6-7-13(14)17/h9,13-14H,6-8,17H2,1-5H3. The molecule has 0 aromatic heterocycles. The number of aryl methyl sites for hydroxylation is 2. The van der Waals surface area contributed by atoms with Crippen LogP contribution >= 0.6 is 0 Å². The summed E-state index contributed by atoms with van der Waals surface area (Å²) in [6, 6.07) is 2.94. The van der Waals surface area contributed by atoms with Gasteiger partial charge in [0.05, 0.1) is 12.8 Å². The van der Waals surface area contributed by atoms with E-state index in [0.717, 1.165) is 12.2 Å². The lowest BCUT2D eigenvalue weighted by molar-refractivity contribution is 0.408. The fraction of sp³-hybridized carbons (Fsp3) is 0.625. The van der Waals surface area contributed by atoms with Gasteiger partial charge in [-0.05, 0) is 56.7 Å². The molecule has 1 saturated carbocycles. The molecule has 0 spiro atoms. The molecule has 0 radical (unpaired) electrons. The van der Waals surface area contributed by atoms with Gasteiger partial charge in [0.1, 0.15) is 5.75 Å². The minimum Gasteiger partial charge on any atom is -0.494 e. The molecular weight excluding hydrogens is 236 g/mol. The maximum atomic E-state index is 6.24. The van der Waals surface area contributed by atoms with Gasteiger partial charge in [0.15, 0.2) is 0 Å². The zero-order valence-electron chi connectivity index (χ0n) is 12.8. The average molecular weight is 262 g/mol.